The highest BCUT2D eigenvalue weighted by Gasteiger charge is 2.29. The molecular weight excluding hydrogens is 400 g/mol. The van der Waals surface area contributed by atoms with Crippen molar-refractivity contribution < 1.29 is 21.6 Å². The van der Waals surface area contributed by atoms with Gasteiger partial charge in [-0.15, -0.1) is 0 Å². The number of rotatable bonds is 4. The number of carbonyl (C=O) groups excluding carboxylic acids is 1. The van der Waals surface area contributed by atoms with Crippen LogP contribution in [0.25, 0.3) is 10.2 Å². The number of hydrogen-bond donors (Lipinski definition) is 2. The summed E-state index contributed by atoms with van der Waals surface area (Å²) in [4.78, 5) is 16.7. The number of fused-ring (bicyclic) bond motifs is 1. The van der Waals surface area contributed by atoms with E-state index in [1.807, 2.05) is 0 Å². The first kappa shape index (κ1) is 19.2. The van der Waals surface area contributed by atoms with E-state index in [9.17, 15) is 21.6 Å². The van der Waals surface area contributed by atoms with Crippen LogP contribution in [0.3, 0.4) is 0 Å². The lowest BCUT2D eigenvalue weighted by Gasteiger charge is -2.29. The molecule has 0 atom stereocenters. The molecule has 0 radical (unpaired) electrons. The number of benzene rings is 1. The van der Waals surface area contributed by atoms with Gasteiger partial charge in [0.15, 0.2) is 5.13 Å². The van der Waals surface area contributed by atoms with E-state index < -0.39 is 20.0 Å². The number of nitrogens with two attached hydrogens (primary N) is 1. The van der Waals surface area contributed by atoms with Crippen LogP contribution in [-0.4, -0.2) is 51.4 Å². The van der Waals surface area contributed by atoms with E-state index >= 15 is 0 Å². The minimum absolute atomic E-state index is 0.0142. The Hall–Kier alpha value is -1.60. The summed E-state index contributed by atoms with van der Waals surface area (Å²) in [5.74, 6) is -0.510. The second-order valence-electron chi connectivity index (χ2n) is 6.12. The maximum Gasteiger partial charge on any atom is 0.238 e. The van der Waals surface area contributed by atoms with Gasteiger partial charge in [-0.25, -0.2) is 31.3 Å². The van der Waals surface area contributed by atoms with Crippen LogP contribution in [0.4, 0.5) is 5.13 Å². The van der Waals surface area contributed by atoms with Crippen molar-refractivity contribution in [3.63, 3.8) is 0 Å². The maximum atomic E-state index is 12.4. The first-order valence-corrected chi connectivity index (χ1v) is 11.9. The number of anilines is 1. The molecule has 1 amide bonds. The van der Waals surface area contributed by atoms with Crippen molar-refractivity contribution in [1.82, 2.24) is 9.29 Å². The molecule has 1 aliphatic heterocycles. The minimum Gasteiger partial charge on any atom is -0.302 e. The van der Waals surface area contributed by atoms with E-state index in [1.54, 1.807) is 0 Å². The fourth-order valence-corrected chi connectivity index (χ4v) is 5.19. The largest absolute Gasteiger partial charge is 0.302 e. The number of primary sulfonamides is 1. The summed E-state index contributed by atoms with van der Waals surface area (Å²) in [6, 6.07) is 4.32. The predicted octanol–water partition coefficient (Wildman–Crippen LogP) is 0.554. The average molecular weight is 419 g/mol. The fourth-order valence-electron chi connectivity index (χ4n) is 2.79. The zero-order valence-electron chi connectivity index (χ0n) is 13.9. The zero-order valence-corrected chi connectivity index (χ0v) is 16.3. The number of aromatic nitrogens is 1. The smallest absolute Gasteiger partial charge is 0.238 e. The van der Waals surface area contributed by atoms with Crippen LogP contribution >= 0.6 is 11.3 Å². The van der Waals surface area contributed by atoms with Gasteiger partial charge in [-0.05, 0) is 31.0 Å². The van der Waals surface area contributed by atoms with Gasteiger partial charge in [0.25, 0.3) is 0 Å². The van der Waals surface area contributed by atoms with Crippen molar-refractivity contribution in [2.24, 2.45) is 11.1 Å². The standard InChI is InChI=1S/C14H18N4O5S3/c1-25(20,21)18-6-4-9(5-7-18)13(19)17-14-16-11-3-2-10(26(15,22)23)8-12(11)24-14/h2-3,8-9H,4-7H2,1H3,(H2,15,22,23)(H,16,17,19). The third-order valence-corrected chi connectivity index (χ3v) is 7.36. The highest BCUT2D eigenvalue weighted by Crippen LogP contribution is 2.29. The summed E-state index contributed by atoms with van der Waals surface area (Å²) in [6.07, 6.45) is 2.04. The van der Waals surface area contributed by atoms with Crippen molar-refractivity contribution in [3.8, 4) is 0 Å². The molecule has 1 aromatic heterocycles. The zero-order chi connectivity index (χ0) is 19.1. The maximum absolute atomic E-state index is 12.4. The Balaban J connectivity index is 1.70. The van der Waals surface area contributed by atoms with Crippen LogP contribution in [0.5, 0.6) is 0 Å². The van der Waals surface area contributed by atoms with Crippen LogP contribution in [0.1, 0.15) is 12.8 Å². The Morgan fingerprint density at radius 2 is 1.92 bits per heavy atom. The molecule has 1 fully saturated rings. The van der Waals surface area contributed by atoms with Gasteiger partial charge in [-0.3, -0.25) is 4.79 Å². The Kier molecular flexibility index (Phi) is 5.05. The van der Waals surface area contributed by atoms with Gasteiger partial charge in [-0.2, -0.15) is 0 Å². The normalized spacial score (nSPS) is 17.5. The summed E-state index contributed by atoms with van der Waals surface area (Å²) in [7, 11) is -7.04. The molecule has 1 aromatic carbocycles. The van der Waals surface area contributed by atoms with E-state index in [0.717, 1.165) is 17.6 Å². The Labute approximate surface area is 155 Å². The first-order valence-electron chi connectivity index (χ1n) is 7.73. The van der Waals surface area contributed by atoms with Crippen LogP contribution in [0, 0.1) is 5.92 Å². The molecule has 9 nitrogen and oxygen atoms in total. The quantitative estimate of drug-likeness (QED) is 0.743. The number of piperidine rings is 1. The predicted molar refractivity (Wildman–Crippen MR) is 98.8 cm³/mol. The van der Waals surface area contributed by atoms with Crippen LogP contribution in [-0.2, 0) is 24.8 Å². The van der Waals surface area contributed by atoms with Crippen molar-refractivity contribution in [2.45, 2.75) is 17.7 Å². The summed E-state index contributed by atoms with van der Waals surface area (Å²) < 4.78 is 47.8. The lowest BCUT2D eigenvalue weighted by atomic mass is 9.97. The van der Waals surface area contributed by atoms with E-state index in [4.69, 9.17) is 5.14 Å². The van der Waals surface area contributed by atoms with Crippen molar-refractivity contribution in [2.75, 3.05) is 24.7 Å². The monoisotopic (exact) mass is 418 g/mol. The first-order chi connectivity index (χ1) is 12.0. The van der Waals surface area contributed by atoms with Crippen molar-refractivity contribution in [3.05, 3.63) is 18.2 Å². The lowest BCUT2D eigenvalue weighted by molar-refractivity contribution is -0.120. The topological polar surface area (TPSA) is 140 Å². The Morgan fingerprint density at radius 3 is 2.50 bits per heavy atom. The van der Waals surface area contributed by atoms with Gasteiger partial charge in [0.05, 0.1) is 21.4 Å². The molecule has 0 unspecified atom stereocenters. The molecule has 142 valence electrons. The SMILES string of the molecule is CS(=O)(=O)N1CCC(C(=O)Nc2nc3ccc(S(N)(=O)=O)cc3s2)CC1. The number of nitrogens with zero attached hydrogens (tertiary/aromatic N) is 2. The molecule has 0 bridgehead atoms. The fraction of sp³-hybridized carbons (Fsp3) is 0.429. The number of hydrogen-bond acceptors (Lipinski definition) is 7. The molecule has 3 rings (SSSR count). The average Bonchev–Trinajstić information content (AvgIpc) is 2.94. The summed E-state index contributed by atoms with van der Waals surface area (Å²) >= 11 is 1.16. The number of thiazole rings is 1. The molecule has 3 N–H and O–H groups in total. The van der Waals surface area contributed by atoms with Gasteiger partial charge >= 0.3 is 0 Å². The highest BCUT2D eigenvalue weighted by molar-refractivity contribution is 7.89. The molecule has 1 aliphatic rings. The summed E-state index contributed by atoms with van der Waals surface area (Å²) in [5, 5.41) is 8.21. The number of carbonyl (C=O) groups is 1. The van der Waals surface area contributed by atoms with E-state index in [-0.39, 0.29) is 16.7 Å². The molecule has 26 heavy (non-hydrogen) atoms. The Bertz CT molecular complexity index is 1050. The van der Waals surface area contributed by atoms with Crippen LogP contribution in [0.15, 0.2) is 23.1 Å². The number of sulfonamides is 2. The minimum atomic E-state index is -3.80. The van der Waals surface area contributed by atoms with Gasteiger partial charge in [0.2, 0.25) is 26.0 Å². The van der Waals surface area contributed by atoms with Crippen LogP contribution < -0.4 is 10.5 Å². The van der Waals surface area contributed by atoms with Gasteiger partial charge < -0.3 is 5.32 Å². The van der Waals surface area contributed by atoms with Gasteiger partial charge in [0.1, 0.15) is 0 Å². The number of nitrogens with one attached hydrogen (secondary N) is 1. The van der Waals surface area contributed by atoms with Crippen molar-refractivity contribution >= 4 is 52.6 Å². The lowest BCUT2D eigenvalue weighted by Crippen LogP contribution is -2.40. The molecule has 0 aliphatic carbocycles. The van der Waals surface area contributed by atoms with Gasteiger partial charge in [-0.1, -0.05) is 11.3 Å². The third kappa shape index (κ3) is 4.20. The molecule has 0 saturated carbocycles. The third-order valence-electron chi connectivity index (χ3n) is 4.21. The summed E-state index contributed by atoms with van der Waals surface area (Å²) in [6.45, 7) is 0.628. The Morgan fingerprint density at radius 1 is 1.27 bits per heavy atom. The second kappa shape index (κ2) is 6.85. The van der Waals surface area contributed by atoms with E-state index in [0.29, 0.717) is 41.3 Å². The highest BCUT2D eigenvalue weighted by atomic mass is 32.2. The number of amides is 1. The second-order valence-corrected chi connectivity index (χ2v) is 10.7. The van der Waals surface area contributed by atoms with E-state index in [2.05, 4.69) is 10.3 Å². The van der Waals surface area contributed by atoms with E-state index in [1.165, 1.54) is 22.5 Å². The van der Waals surface area contributed by atoms with Gasteiger partial charge in [0, 0.05) is 19.0 Å². The van der Waals surface area contributed by atoms with Crippen molar-refractivity contribution in [1.29, 1.82) is 0 Å². The molecule has 12 heteroatoms. The molecule has 1 saturated heterocycles. The molecule has 2 aromatic rings. The molecule has 0 spiro atoms. The van der Waals surface area contributed by atoms with Crippen LogP contribution in [0.2, 0.25) is 0 Å². The molecule has 2 heterocycles. The summed E-state index contributed by atoms with van der Waals surface area (Å²) in [5.41, 5.74) is 0.560. The molecular formula is C14H18N4O5S3.